The predicted molar refractivity (Wildman–Crippen MR) is 45.9 cm³/mol. The Labute approximate surface area is 110 Å². The first-order chi connectivity index (χ1) is 5.65. The third-order valence-electron chi connectivity index (χ3n) is 1.90. The molecule has 4 heteroatoms. The molecule has 1 nitrogen and oxygen atoms in total. The van der Waals surface area contributed by atoms with Crippen LogP contribution in [-0.2, 0) is 20.8 Å². The molecule has 1 aromatic rings. The fourth-order valence-corrected chi connectivity index (χ4v) is 1.50. The average molecular weight is 268 g/mol. The van der Waals surface area contributed by atoms with Gasteiger partial charge in [-0.25, -0.2) is 0 Å². The van der Waals surface area contributed by atoms with Crippen LogP contribution in [0.5, 0.6) is 5.75 Å². The van der Waals surface area contributed by atoms with Crippen molar-refractivity contribution >= 4 is 0 Å². The van der Waals surface area contributed by atoms with Crippen LogP contribution >= 0.6 is 0 Å². The number of halogens is 2. The molecule has 0 saturated heterocycles. The quantitative estimate of drug-likeness (QED) is 0.518. The molecule has 0 fully saturated rings. The van der Waals surface area contributed by atoms with Gasteiger partial charge >= 0.3 is 85.9 Å². The molecular weight excluding hydrogens is 255 g/mol. The molecule has 0 radical (unpaired) electrons. The van der Waals surface area contributed by atoms with Crippen molar-refractivity contribution in [3.8, 4) is 5.75 Å². The number of aryl methyl sites for hydroxylation is 1. The van der Waals surface area contributed by atoms with Crippen molar-refractivity contribution < 1.29 is 49.0 Å². The topological polar surface area (TPSA) is 9.23 Å². The molecule has 0 saturated carbocycles. The van der Waals surface area contributed by atoms with Gasteiger partial charge in [0, 0.05) is 0 Å². The third-order valence-corrected chi connectivity index (χ3v) is 2.24. The number of rotatable bonds is 2. The maximum Gasteiger partial charge on any atom is -1.00 e. The maximum absolute atomic E-state index is 5.26. The molecule has 77 valence electrons. The Morgan fingerprint density at radius 1 is 1.21 bits per heavy atom. The van der Waals surface area contributed by atoms with E-state index in [0.717, 1.165) is 5.75 Å². The molecule has 0 aliphatic heterocycles. The van der Waals surface area contributed by atoms with Gasteiger partial charge in [0.05, 0.1) is 0 Å². The van der Waals surface area contributed by atoms with E-state index in [2.05, 4.69) is 32.9 Å². The summed E-state index contributed by atoms with van der Waals surface area (Å²) in [5.41, 5.74) is 2.58. The number of hydrogen-bond acceptors (Lipinski definition) is 1. The smallest absolute Gasteiger partial charge is 1.00 e. The first-order valence-electron chi connectivity index (χ1n) is 4.09. The van der Waals surface area contributed by atoms with Crippen LogP contribution < -0.4 is 28.1 Å². The molecule has 0 heterocycles. The van der Waals surface area contributed by atoms with Gasteiger partial charge in [0.2, 0.25) is 0 Å². The van der Waals surface area contributed by atoms with Gasteiger partial charge in [-0.2, -0.15) is 0 Å². The monoisotopic (exact) mass is 267 g/mol. The second kappa shape index (κ2) is 7.59. The van der Waals surface area contributed by atoms with E-state index in [1.165, 1.54) is 11.1 Å². The van der Waals surface area contributed by atoms with Gasteiger partial charge in [-0.15, -0.1) is 0 Å². The van der Waals surface area contributed by atoms with Gasteiger partial charge in [0.25, 0.3) is 0 Å². The van der Waals surface area contributed by atoms with Crippen LogP contribution in [0.4, 0.5) is 0 Å². The first kappa shape index (κ1) is 16.7. The maximum atomic E-state index is 5.26. The van der Waals surface area contributed by atoms with Crippen LogP contribution in [0.1, 0.15) is 30.9 Å². The molecule has 1 aromatic carbocycles. The molecule has 0 aromatic heterocycles. The number of benzene rings is 1. The summed E-state index contributed by atoms with van der Waals surface area (Å²) in [7, 11) is 0. The minimum atomic E-state index is 0. The van der Waals surface area contributed by atoms with Gasteiger partial charge in [0.1, 0.15) is 0 Å². The Balaban J connectivity index is 0. The third kappa shape index (κ3) is 4.23. The first-order valence-corrected chi connectivity index (χ1v) is 4.73. The molecule has 0 N–H and O–H groups in total. The van der Waals surface area contributed by atoms with E-state index in [0.29, 0.717) is 5.92 Å². The molecule has 0 bridgehead atoms. The summed E-state index contributed by atoms with van der Waals surface area (Å²) in [6, 6.07) is 6.29. The van der Waals surface area contributed by atoms with Gasteiger partial charge in [0.15, 0.2) is 0 Å². The summed E-state index contributed by atoms with van der Waals surface area (Å²) in [5.74, 6) is 1.52. The van der Waals surface area contributed by atoms with Crippen LogP contribution in [0, 0.1) is 6.92 Å². The Kier molecular flexibility index (Phi) is 9.07. The zero-order chi connectivity index (χ0) is 9.14. The van der Waals surface area contributed by atoms with E-state index in [1.807, 2.05) is 6.07 Å². The van der Waals surface area contributed by atoms with Crippen LogP contribution in [0.15, 0.2) is 18.2 Å². The van der Waals surface area contributed by atoms with Gasteiger partial charge in [-0.05, 0) is 0 Å². The van der Waals surface area contributed by atoms with Crippen LogP contribution in [0.3, 0.4) is 0 Å². The van der Waals surface area contributed by atoms with Gasteiger partial charge in [-0.1, -0.05) is 0 Å². The largest absolute Gasteiger partial charge is 1.00 e. The second-order valence-electron chi connectivity index (χ2n) is 3.30. The Morgan fingerprint density at radius 3 is 2.21 bits per heavy atom. The number of hydrogen-bond donors (Lipinski definition) is 0. The van der Waals surface area contributed by atoms with E-state index in [4.69, 9.17) is 3.32 Å². The summed E-state index contributed by atoms with van der Waals surface area (Å²) in [6.07, 6.45) is 0. The summed E-state index contributed by atoms with van der Waals surface area (Å²) < 4.78 is 5.26. The molecule has 0 amide bonds. The van der Waals surface area contributed by atoms with Crippen molar-refractivity contribution in [3.05, 3.63) is 29.3 Å². The predicted octanol–water partition coefficient (Wildman–Crippen LogP) is -3.03. The Morgan fingerprint density at radius 2 is 1.79 bits per heavy atom. The van der Waals surface area contributed by atoms with Gasteiger partial charge < -0.3 is 24.8 Å². The Hall–Kier alpha value is 0.314. The van der Waals surface area contributed by atoms with Gasteiger partial charge in [-0.3, -0.25) is 0 Å². The summed E-state index contributed by atoms with van der Waals surface area (Å²) >= 11 is 1.72. The van der Waals surface area contributed by atoms with E-state index in [9.17, 15) is 0 Å². The molecule has 0 spiro atoms. The van der Waals surface area contributed by atoms with E-state index in [-0.39, 0.29) is 24.8 Å². The molecule has 0 aliphatic rings. The van der Waals surface area contributed by atoms with Crippen molar-refractivity contribution in [3.63, 3.8) is 0 Å². The SMILES string of the molecule is Cc1ccc([O][Ti+2])c(C(C)C)c1.[Cl-].[Cl-]. The fourth-order valence-electron chi connectivity index (χ4n) is 1.21. The minimum absolute atomic E-state index is 0. The molecule has 0 unspecified atom stereocenters. The zero-order valence-corrected chi connectivity index (χ0v) is 11.5. The molecule has 14 heavy (non-hydrogen) atoms. The van der Waals surface area contributed by atoms with Crippen LogP contribution in [-0.4, -0.2) is 0 Å². The van der Waals surface area contributed by atoms with E-state index in [1.54, 1.807) is 20.8 Å². The normalized spacial score (nSPS) is 9.00. The van der Waals surface area contributed by atoms with Crippen molar-refractivity contribution in [1.82, 2.24) is 0 Å². The molecular formula is C10H13Cl2OTi. The summed E-state index contributed by atoms with van der Waals surface area (Å²) in [5, 5.41) is 0. The van der Waals surface area contributed by atoms with Crippen molar-refractivity contribution in [1.29, 1.82) is 0 Å². The van der Waals surface area contributed by atoms with Crippen molar-refractivity contribution in [2.75, 3.05) is 0 Å². The van der Waals surface area contributed by atoms with Crippen molar-refractivity contribution in [2.45, 2.75) is 26.7 Å². The van der Waals surface area contributed by atoms with Crippen LogP contribution in [0.25, 0.3) is 0 Å². The minimum Gasteiger partial charge on any atom is -1.00 e. The summed E-state index contributed by atoms with van der Waals surface area (Å²) in [6.45, 7) is 6.46. The molecule has 0 atom stereocenters. The fraction of sp³-hybridized carbons (Fsp3) is 0.400. The van der Waals surface area contributed by atoms with E-state index < -0.39 is 0 Å². The summed E-state index contributed by atoms with van der Waals surface area (Å²) in [4.78, 5) is 0. The average Bonchev–Trinajstić information content (AvgIpc) is 2.04. The standard InChI is InChI=1S/C10H14O.2ClH.Ti/c1-7(2)9-6-8(3)4-5-10(9)11;;;/h4-7,11H,1-3H3;2*1H;/q;;;+3/p-3. The Bertz CT molecular complexity index is 277. The second-order valence-corrected chi connectivity index (χ2v) is 3.62. The van der Waals surface area contributed by atoms with Crippen molar-refractivity contribution in [2.24, 2.45) is 0 Å². The molecule has 1 rings (SSSR count). The zero-order valence-electron chi connectivity index (χ0n) is 8.47. The van der Waals surface area contributed by atoms with Crippen LogP contribution in [0.2, 0.25) is 0 Å². The molecule has 0 aliphatic carbocycles. The van der Waals surface area contributed by atoms with E-state index >= 15 is 0 Å².